The number of urea groups is 1. The first kappa shape index (κ1) is 50.2. The molecule has 10 heteroatoms. The predicted octanol–water partition coefficient (Wildman–Crippen LogP) is 5.04. The maximum atomic E-state index is 12.1. The van der Waals surface area contributed by atoms with Gasteiger partial charge in [-0.15, -0.1) is 17.8 Å². The van der Waals surface area contributed by atoms with Crippen LogP contribution in [0.3, 0.4) is 0 Å². The molecule has 0 saturated carbocycles. The molecule has 0 rings (SSSR count). The highest BCUT2D eigenvalue weighted by Crippen LogP contribution is 2.16. The molecule has 0 aliphatic heterocycles. The number of carbonyl (C=O) groups is 3. The van der Waals surface area contributed by atoms with E-state index in [-0.39, 0.29) is 30.3 Å². The van der Waals surface area contributed by atoms with Crippen LogP contribution in [0.5, 0.6) is 0 Å². The number of hydrogen-bond acceptors (Lipinski definition) is 6. The van der Waals surface area contributed by atoms with Crippen LogP contribution in [0.1, 0.15) is 94.9 Å². The Kier molecular flexibility index (Phi) is 51.5. The summed E-state index contributed by atoms with van der Waals surface area (Å²) in [5.74, 6) is 13.4. The highest BCUT2D eigenvalue weighted by Gasteiger charge is 2.15. The van der Waals surface area contributed by atoms with Crippen LogP contribution < -0.4 is 27.0 Å². The van der Waals surface area contributed by atoms with Crippen LogP contribution in [0.4, 0.5) is 4.79 Å². The van der Waals surface area contributed by atoms with E-state index in [0.717, 1.165) is 19.3 Å². The van der Waals surface area contributed by atoms with E-state index < -0.39 is 0 Å². The Hall–Kier alpha value is -2.40. The molecular weight excluding hydrogens is 562 g/mol. The molecule has 0 radical (unpaired) electrons. The maximum Gasteiger partial charge on any atom is 0.314 e. The zero-order chi connectivity index (χ0) is 34.3. The summed E-state index contributed by atoms with van der Waals surface area (Å²) >= 11 is 1.75. The summed E-state index contributed by atoms with van der Waals surface area (Å²) in [4.78, 5) is 32.4. The Labute approximate surface area is 270 Å². The molecule has 0 fully saturated rings. The minimum absolute atomic E-state index is 0.0618. The average Bonchev–Trinajstić information content (AvgIpc) is 2.99. The lowest BCUT2D eigenvalue weighted by Crippen LogP contribution is -2.40. The second-order valence-electron chi connectivity index (χ2n) is 9.12. The number of amides is 4. The summed E-state index contributed by atoms with van der Waals surface area (Å²) in [6, 6.07) is -0.0213. The van der Waals surface area contributed by atoms with Crippen LogP contribution in [0.2, 0.25) is 0 Å². The lowest BCUT2D eigenvalue weighted by Gasteiger charge is -2.19. The van der Waals surface area contributed by atoms with Crippen LogP contribution in [0.15, 0.2) is 0 Å². The van der Waals surface area contributed by atoms with E-state index in [1.54, 1.807) is 11.8 Å². The number of rotatable bonds is 16. The highest BCUT2D eigenvalue weighted by atomic mass is 32.2. The molecule has 43 heavy (non-hydrogen) atoms. The summed E-state index contributed by atoms with van der Waals surface area (Å²) in [6.45, 7) is 23.4. The van der Waals surface area contributed by atoms with Crippen molar-refractivity contribution in [2.24, 2.45) is 23.5 Å². The molecule has 0 aliphatic rings. The molecule has 0 aromatic heterocycles. The van der Waals surface area contributed by atoms with E-state index in [4.69, 9.17) is 9.53 Å². The molecule has 254 valence electrons. The Bertz CT molecular complexity index is 730. The van der Waals surface area contributed by atoms with Gasteiger partial charge in [0.25, 0.3) is 0 Å². The van der Waals surface area contributed by atoms with Gasteiger partial charge < -0.3 is 31.7 Å². The van der Waals surface area contributed by atoms with Crippen molar-refractivity contribution in [3.63, 3.8) is 0 Å². The molecule has 4 amide bonds. The second-order valence-corrected chi connectivity index (χ2v) is 9.93. The van der Waals surface area contributed by atoms with Gasteiger partial charge in [0.15, 0.2) is 0 Å². The second kappa shape index (κ2) is 44.0. The first-order chi connectivity index (χ1) is 20.6. The predicted molar refractivity (Wildman–Crippen MR) is 188 cm³/mol. The molecule has 0 spiro atoms. The quantitative estimate of drug-likeness (QED) is 0.0922. The van der Waals surface area contributed by atoms with Crippen LogP contribution in [0.25, 0.3) is 0 Å². The van der Waals surface area contributed by atoms with Gasteiger partial charge in [-0.05, 0) is 44.6 Å². The van der Waals surface area contributed by atoms with E-state index in [2.05, 4.69) is 71.5 Å². The number of ether oxygens (including phenoxy) is 1. The molecule has 0 aromatic carbocycles. The molecule has 9 nitrogen and oxygen atoms in total. The van der Waals surface area contributed by atoms with Crippen molar-refractivity contribution in [2.75, 3.05) is 51.9 Å². The summed E-state index contributed by atoms with van der Waals surface area (Å²) in [7, 11) is 0. The SMILES string of the molecule is CC.CC.CC#CCCC(C)C(C#CCC)CNC(=O)NCCOCCNCCC(=O)NC(C)C(C)C.CSC.NC=O. The summed E-state index contributed by atoms with van der Waals surface area (Å²) in [6.07, 6.45) is 7.41. The van der Waals surface area contributed by atoms with Crippen molar-refractivity contribution < 1.29 is 19.1 Å². The van der Waals surface area contributed by atoms with Gasteiger partial charge >= 0.3 is 6.03 Å². The molecule has 6 N–H and O–H groups in total. The number of nitrogens with one attached hydrogen (secondary N) is 4. The van der Waals surface area contributed by atoms with Crippen LogP contribution in [-0.4, -0.2) is 76.3 Å². The Morgan fingerprint density at radius 3 is 2.02 bits per heavy atom. The zero-order valence-electron chi connectivity index (χ0n) is 29.6. The minimum Gasteiger partial charge on any atom is -0.378 e. The van der Waals surface area contributed by atoms with Gasteiger partial charge in [0.1, 0.15) is 0 Å². The number of hydrogen-bond donors (Lipinski definition) is 5. The number of primary amides is 1. The standard InChI is InChI=1S/C26H46N4O3.C2H6S.2C2H6.CH3NO/c1-7-9-11-12-22(5)24(13-10-8-2)20-29-26(32)28-17-19-33-18-16-27-15-14-25(31)30-23(6)21(3)4;1-3-2;2*1-2;2-1-3/h21-24,27H,8,11-12,14-20H2,1-6H3,(H,30,31)(H2,28,29,32);1-2H3;2*1-2H3;1H,(H2,2,3). The largest absolute Gasteiger partial charge is 0.378 e. The maximum absolute atomic E-state index is 12.1. The third-order valence-corrected chi connectivity index (χ3v) is 5.41. The molecule has 0 aromatic rings. The van der Waals surface area contributed by atoms with Gasteiger partial charge in [0.05, 0.1) is 13.2 Å². The average molecular weight is 630 g/mol. The Balaban J connectivity index is -0.000000424. The first-order valence-corrected chi connectivity index (χ1v) is 17.3. The van der Waals surface area contributed by atoms with Gasteiger partial charge in [-0.25, -0.2) is 4.79 Å². The van der Waals surface area contributed by atoms with Gasteiger partial charge in [-0.1, -0.05) is 61.3 Å². The monoisotopic (exact) mass is 629 g/mol. The molecule has 3 atom stereocenters. The molecule has 0 bridgehead atoms. The summed E-state index contributed by atoms with van der Waals surface area (Å²) < 4.78 is 5.52. The van der Waals surface area contributed by atoms with Gasteiger partial charge in [0.2, 0.25) is 12.3 Å². The molecule has 0 heterocycles. The van der Waals surface area contributed by atoms with E-state index in [1.165, 1.54) is 0 Å². The molecule has 3 unspecified atom stereocenters. The Morgan fingerprint density at radius 2 is 1.51 bits per heavy atom. The summed E-state index contributed by atoms with van der Waals surface area (Å²) in [5.41, 5.74) is 4.17. The molecular formula is C33H67N5O4S. The normalized spacial score (nSPS) is 11.0. The molecule has 0 aliphatic carbocycles. The van der Waals surface area contributed by atoms with E-state index >= 15 is 0 Å². The summed E-state index contributed by atoms with van der Waals surface area (Å²) in [5, 5.41) is 11.9. The van der Waals surface area contributed by atoms with E-state index in [9.17, 15) is 9.59 Å². The molecule has 0 saturated heterocycles. The van der Waals surface area contributed by atoms with Crippen molar-refractivity contribution in [2.45, 2.75) is 101 Å². The fourth-order valence-electron chi connectivity index (χ4n) is 2.82. The lowest BCUT2D eigenvalue weighted by molar-refractivity contribution is -0.121. The fourth-order valence-corrected chi connectivity index (χ4v) is 2.82. The highest BCUT2D eigenvalue weighted by molar-refractivity contribution is 7.97. The zero-order valence-corrected chi connectivity index (χ0v) is 30.4. The van der Waals surface area contributed by atoms with Gasteiger partial charge in [0, 0.05) is 57.4 Å². The number of thioether (sulfide) groups is 1. The van der Waals surface area contributed by atoms with Crippen LogP contribution in [-0.2, 0) is 14.3 Å². The third-order valence-electron chi connectivity index (χ3n) is 5.41. The van der Waals surface area contributed by atoms with E-state index in [0.29, 0.717) is 57.6 Å². The van der Waals surface area contributed by atoms with Crippen LogP contribution in [0, 0.1) is 41.4 Å². The van der Waals surface area contributed by atoms with E-state index in [1.807, 2.05) is 61.0 Å². The number of nitrogens with two attached hydrogens (primary N) is 1. The lowest BCUT2D eigenvalue weighted by atomic mass is 9.90. The van der Waals surface area contributed by atoms with Crippen molar-refractivity contribution in [3.05, 3.63) is 0 Å². The van der Waals surface area contributed by atoms with Crippen molar-refractivity contribution >= 4 is 30.1 Å². The Morgan fingerprint density at radius 1 is 0.953 bits per heavy atom. The van der Waals surface area contributed by atoms with Crippen molar-refractivity contribution in [1.82, 2.24) is 21.3 Å². The smallest absolute Gasteiger partial charge is 0.314 e. The van der Waals surface area contributed by atoms with Crippen molar-refractivity contribution in [3.8, 4) is 23.7 Å². The minimum atomic E-state index is -0.206. The van der Waals surface area contributed by atoms with Crippen LogP contribution >= 0.6 is 11.8 Å². The number of carbonyl (C=O) groups excluding carboxylic acids is 3. The van der Waals surface area contributed by atoms with Gasteiger partial charge in [-0.3, -0.25) is 9.59 Å². The topological polar surface area (TPSA) is 135 Å². The third kappa shape index (κ3) is 44.2. The fraction of sp³-hybridized carbons (Fsp3) is 0.788. The van der Waals surface area contributed by atoms with Gasteiger partial charge in [-0.2, -0.15) is 11.8 Å². The van der Waals surface area contributed by atoms with Crippen molar-refractivity contribution in [1.29, 1.82) is 0 Å². The first-order valence-electron chi connectivity index (χ1n) is 15.7.